The summed E-state index contributed by atoms with van der Waals surface area (Å²) in [4.78, 5) is 0. The van der Waals surface area contributed by atoms with Crippen LogP contribution in [0.25, 0.3) is 0 Å². The van der Waals surface area contributed by atoms with Crippen LogP contribution >= 0.6 is 15.9 Å². The van der Waals surface area contributed by atoms with Crippen LogP contribution in [-0.4, -0.2) is 6.54 Å². The molecule has 1 rings (SSSR count). The maximum Gasteiger partial charge on any atom is 0.0683 e. The highest BCUT2D eigenvalue weighted by Crippen LogP contribution is 2.24. The van der Waals surface area contributed by atoms with Crippen molar-refractivity contribution in [2.75, 3.05) is 11.9 Å². The van der Waals surface area contributed by atoms with Crippen LogP contribution in [0.3, 0.4) is 0 Å². The van der Waals surface area contributed by atoms with Crippen LogP contribution in [0.15, 0.2) is 22.7 Å². The minimum absolute atomic E-state index is 0.214. The second kappa shape index (κ2) is 6.07. The molecule has 0 unspecified atom stereocenters. The Balaban J connectivity index is 2.42. The molecule has 1 aromatic rings. The van der Waals surface area contributed by atoms with Crippen LogP contribution in [0.1, 0.15) is 32.3 Å². The van der Waals surface area contributed by atoms with E-state index in [1.807, 2.05) is 26.0 Å². The molecule has 0 aliphatic carbocycles. The Kier molecular flexibility index (Phi) is 5.02. The maximum absolute atomic E-state index is 8.91. The Morgan fingerprint density at radius 1 is 1.41 bits per heavy atom. The molecule has 2 nitrogen and oxygen atoms in total. The molecule has 0 amide bonds. The Bertz CT molecular complexity index is 419. The first kappa shape index (κ1) is 14.1. The molecule has 0 aromatic heterocycles. The number of anilines is 1. The highest BCUT2D eigenvalue weighted by molar-refractivity contribution is 9.10. The number of rotatable bonds is 5. The lowest BCUT2D eigenvalue weighted by Crippen LogP contribution is -2.11. The van der Waals surface area contributed by atoms with Crippen molar-refractivity contribution >= 4 is 21.6 Å². The number of nitriles is 1. The van der Waals surface area contributed by atoms with Crippen molar-refractivity contribution in [1.29, 1.82) is 5.26 Å². The molecule has 0 aliphatic rings. The first-order valence-corrected chi connectivity index (χ1v) is 6.66. The Hall–Kier alpha value is -1.01. The van der Waals surface area contributed by atoms with E-state index in [4.69, 9.17) is 5.26 Å². The summed E-state index contributed by atoms with van der Waals surface area (Å²) in [5.41, 5.74) is 2.18. The zero-order chi connectivity index (χ0) is 12.9. The second-order valence-corrected chi connectivity index (χ2v) is 5.79. The zero-order valence-electron chi connectivity index (χ0n) is 10.7. The third kappa shape index (κ3) is 4.40. The number of hydrogen-bond acceptors (Lipinski definition) is 2. The van der Waals surface area contributed by atoms with Gasteiger partial charge in [0.2, 0.25) is 0 Å². The van der Waals surface area contributed by atoms with Crippen LogP contribution in [0.5, 0.6) is 0 Å². The number of nitrogens with one attached hydrogen (secondary N) is 1. The summed E-state index contributed by atoms with van der Waals surface area (Å²) in [6.07, 6.45) is 1.93. The quantitative estimate of drug-likeness (QED) is 0.812. The molecule has 0 saturated carbocycles. The Labute approximate surface area is 112 Å². The van der Waals surface area contributed by atoms with Gasteiger partial charge in [0.05, 0.1) is 11.5 Å². The van der Waals surface area contributed by atoms with Gasteiger partial charge >= 0.3 is 0 Å². The predicted octanol–water partition coefficient (Wildman–Crippen LogP) is 4.50. The van der Waals surface area contributed by atoms with E-state index in [1.54, 1.807) is 0 Å². The molecular weight excluding hydrogens is 276 g/mol. The van der Waals surface area contributed by atoms with Gasteiger partial charge in [0, 0.05) is 16.7 Å². The largest absolute Gasteiger partial charge is 0.385 e. The van der Waals surface area contributed by atoms with Gasteiger partial charge in [-0.2, -0.15) is 5.26 Å². The zero-order valence-corrected chi connectivity index (χ0v) is 12.3. The third-order valence-electron chi connectivity index (χ3n) is 2.86. The van der Waals surface area contributed by atoms with Gasteiger partial charge in [-0.1, -0.05) is 22.0 Å². The molecule has 0 heterocycles. The van der Waals surface area contributed by atoms with E-state index in [2.05, 4.69) is 40.3 Å². The van der Waals surface area contributed by atoms with Crippen molar-refractivity contribution in [1.82, 2.24) is 0 Å². The first-order valence-electron chi connectivity index (χ1n) is 5.86. The van der Waals surface area contributed by atoms with E-state index >= 15 is 0 Å². The average Bonchev–Trinajstić information content (AvgIpc) is 2.30. The summed E-state index contributed by atoms with van der Waals surface area (Å²) < 4.78 is 1.12. The highest BCUT2D eigenvalue weighted by atomic mass is 79.9. The van der Waals surface area contributed by atoms with E-state index in [1.165, 1.54) is 5.56 Å². The number of hydrogen-bond donors (Lipinski definition) is 1. The average molecular weight is 295 g/mol. The number of benzene rings is 1. The van der Waals surface area contributed by atoms with Gasteiger partial charge in [-0.15, -0.1) is 0 Å². The summed E-state index contributed by atoms with van der Waals surface area (Å²) in [6, 6.07) is 8.47. The molecule has 3 heteroatoms. The van der Waals surface area contributed by atoms with Gasteiger partial charge in [-0.05, 0) is 51.3 Å². The molecule has 1 aromatic carbocycles. The van der Waals surface area contributed by atoms with E-state index in [-0.39, 0.29) is 5.41 Å². The van der Waals surface area contributed by atoms with Crippen molar-refractivity contribution in [3.63, 3.8) is 0 Å². The first-order chi connectivity index (χ1) is 7.96. The molecular formula is C14H19BrN2. The fourth-order valence-electron chi connectivity index (χ4n) is 1.61. The summed E-state index contributed by atoms with van der Waals surface area (Å²) in [5, 5.41) is 12.3. The van der Waals surface area contributed by atoms with Crippen molar-refractivity contribution < 1.29 is 0 Å². The van der Waals surface area contributed by atoms with Crippen LogP contribution in [0, 0.1) is 23.7 Å². The fraction of sp³-hybridized carbons (Fsp3) is 0.500. The Morgan fingerprint density at radius 3 is 2.76 bits per heavy atom. The summed E-state index contributed by atoms with van der Waals surface area (Å²) in [6.45, 7) is 6.96. The van der Waals surface area contributed by atoms with Crippen molar-refractivity contribution in [2.45, 2.75) is 33.6 Å². The molecule has 0 aliphatic heterocycles. The number of halogens is 1. The normalized spacial score (nSPS) is 11.0. The van der Waals surface area contributed by atoms with Crippen LogP contribution < -0.4 is 5.32 Å². The lowest BCUT2D eigenvalue weighted by atomic mass is 9.90. The van der Waals surface area contributed by atoms with Gasteiger partial charge in [0.1, 0.15) is 0 Å². The van der Waals surface area contributed by atoms with Gasteiger partial charge in [0.15, 0.2) is 0 Å². The van der Waals surface area contributed by atoms with Gasteiger partial charge in [-0.3, -0.25) is 0 Å². The third-order valence-corrected chi connectivity index (χ3v) is 3.72. The topological polar surface area (TPSA) is 35.8 Å². The molecule has 0 bridgehead atoms. The molecule has 0 spiro atoms. The number of nitrogens with zero attached hydrogens (tertiary/aromatic N) is 1. The Morgan fingerprint density at radius 2 is 2.12 bits per heavy atom. The van der Waals surface area contributed by atoms with Crippen molar-refractivity contribution in [3.05, 3.63) is 28.2 Å². The van der Waals surface area contributed by atoms with Crippen molar-refractivity contribution in [2.24, 2.45) is 5.41 Å². The predicted molar refractivity (Wildman–Crippen MR) is 76.0 cm³/mol. The lowest BCUT2D eigenvalue weighted by molar-refractivity contribution is 0.441. The maximum atomic E-state index is 8.91. The minimum Gasteiger partial charge on any atom is -0.385 e. The monoisotopic (exact) mass is 294 g/mol. The van der Waals surface area contributed by atoms with E-state index in [0.717, 1.165) is 29.5 Å². The van der Waals surface area contributed by atoms with Gasteiger partial charge < -0.3 is 5.32 Å². The van der Waals surface area contributed by atoms with Crippen LogP contribution in [0.2, 0.25) is 0 Å². The molecule has 0 saturated heterocycles. The van der Waals surface area contributed by atoms with E-state index in [9.17, 15) is 0 Å². The van der Waals surface area contributed by atoms with E-state index in [0.29, 0.717) is 0 Å². The lowest BCUT2D eigenvalue weighted by Gasteiger charge is -2.16. The minimum atomic E-state index is -0.214. The fourth-order valence-corrected chi connectivity index (χ4v) is 1.97. The van der Waals surface area contributed by atoms with Crippen LogP contribution in [-0.2, 0) is 0 Å². The van der Waals surface area contributed by atoms with Gasteiger partial charge in [-0.25, -0.2) is 0 Å². The second-order valence-electron chi connectivity index (χ2n) is 4.94. The summed E-state index contributed by atoms with van der Waals surface area (Å²) >= 11 is 3.51. The standard InChI is InChI=1S/C14H19BrN2/c1-11-12(15)6-4-7-13(11)17-9-5-8-14(2,3)10-16/h4,6-7,17H,5,8-9H2,1-3H3. The smallest absolute Gasteiger partial charge is 0.0683 e. The molecule has 0 atom stereocenters. The van der Waals surface area contributed by atoms with E-state index < -0.39 is 0 Å². The summed E-state index contributed by atoms with van der Waals surface area (Å²) in [7, 11) is 0. The molecule has 1 N–H and O–H groups in total. The molecule has 92 valence electrons. The van der Waals surface area contributed by atoms with Crippen molar-refractivity contribution in [3.8, 4) is 6.07 Å². The SMILES string of the molecule is Cc1c(Br)cccc1NCCCC(C)(C)C#N. The molecule has 0 radical (unpaired) electrons. The molecule has 17 heavy (non-hydrogen) atoms. The van der Waals surface area contributed by atoms with Gasteiger partial charge in [0.25, 0.3) is 0 Å². The summed E-state index contributed by atoms with van der Waals surface area (Å²) in [5.74, 6) is 0. The highest BCUT2D eigenvalue weighted by Gasteiger charge is 2.15. The molecule has 0 fully saturated rings. The van der Waals surface area contributed by atoms with Crippen LogP contribution in [0.4, 0.5) is 5.69 Å².